The van der Waals surface area contributed by atoms with Gasteiger partial charge in [0.05, 0.1) is 0 Å². The third-order valence-electron chi connectivity index (χ3n) is 2.75. The van der Waals surface area contributed by atoms with Crippen LogP contribution < -0.4 is 0 Å². The molecule has 21 heavy (non-hydrogen) atoms. The Labute approximate surface area is 135 Å². The number of furan rings is 1. The lowest BCUT2D eigenvalue weighted by atomic mass is 10.2. The summed E-state index contributed by atoms with van der Waals surface area (Å²) < 4.78 is 11.3. The first-order valence-electron chi connectivity index (χ1n) is 6.22. The number of allylic oxidation sites excluding steroid dienone is 2. The molecule has 2 aromatic rings. The number of cyclic esters (lactones) is 1. The Kier molecular flexibility index (Phi) is 4.01. The molecule has 0 radical (unpaired) electrons. The summed E-state index contributed by atoms with van der Waals surface area (Å²) in [6, 6.07) is 13.0. The number of carbonyl (C=O) groups is 1. The van der Waals surface area contributed by atoms with Gasteiger partial charge in [0.1, 0.15) is 5.76 Å². The molecule has 0 N–H and O–H groups in total. The average molecular weight is 391 g/mol. The number of hydrogen-bond donors (Lipinski definition) is 0. The van der Waals surface area contributed by atoms with Gasteiger partial charge in [-0.2, -0.15) is 0 Å². The molecule has 0 saturated carbocycles. The van der Waals surface area contributed by atoms with E-state index in [1.165, 1.54) is 0 Å². The minimum absolute atomic E-state index is 0.270. The van der Waals surface area contributed by atoms with Crippen molar-refractivity contribution in [2.24, 2.45) is 4.99 Å². The van der Waals surface area contributed by atoms with Crippen molar-refractivity contribution in [3.63, 3.8) is 0 Å². The largest absolute Gasteiger partial charge is 0.451 e. The second kappa shape index (κ2) is 6.09. The number of esters is 1. The van der Waals surface area contributed by atoms with E-state index in [-0.39, 0.29) is 5.70 Å². The number of nitrogens with zero attached hydrogens (tertiary/aromatic N) is 1. The Morgan fingerprint density at radius 1 is 1.10 bits per heavy atom. The fourth-order valence-corrected chi connectivity index (χ4v) is 2.21. The minimum atomic E-state index is -0.451. The van der Waals surface area contributed by atoms with Crippen LogP contribution in [0.1, 0.15) is 11.3 Å². The zero-order valence-electron chi connectivity index (χ0n) is 10.8. The molecule has 1 aromatic carbocycles. The van der Waals surface area contributed by atoms with Crippen LogP contribution in [0.3, 0.4) is 0 Å². The second-order valence-electron chi connectivity index (χ2n) is 4.23. The second-order valence-corrected chi connectivity index (χ2v) is 5.29. The summed E-state index contributed by atoms with van der Waals surface area (Å²) in [5, 5.41) is 0. The quantitative estimate of drug-likeness (QED) is 0.455. The summed E-state index contributed by atoms with van der Waals surface area (Å²) >= 11 is 2.09. The van der Waals surface area contributed by atoms with E-state index in [0.717, 1.165) is 15.1 Å². The van der Waals surface area contributed by atoms with Gasteiger partial charge in [0.2, 0.25) is 5.90 Å². The van der Waals surface area contributed by atoms with Crippen LogP contribution in [0.2, 0.25) is 0 Å². The highest BCUT2D eigenvalue weighted by atomic mass is 127. The summed E-state index contributed by atoms with van der Waals surface area (Å²) in [7, 11) is 0. The van der Waals surface area contributed by atoms with E-state index in [1.807, 2.05) is 42.5 Å². The summed E-state index contributed by atoms with van der Waals surface area (Å²) in [6.45, 7) is 0. The first kappa shape index (κ1) is 13.8. The molecular formula is C16H10INO3. The molecule has 1 aliphatic rings. The first-order valence-corrected chi connectivity index (χ1v) is 7.30. The highest BCUT2D eigenvalue weighted by molar-refractivity contribution is 14.1. The van der Waals surface area contributed by atoms with Gasteiger partial charge >= 0.3 is 5.97 Å². The Bertz CT molecular complexity index is 757. The predicted octanol–water partition coefficient (Wildman–Crippen LogP) is 3.78. The van der Waals surface area contributed by atoms with Gasteiger partial charge < -0.3 is 9.15 Å². The molecule has 0 aliphatic carbocycles. The summed E-state index contributed by atoms with van der Waals surface area (Å²) in [6.07, 6.45) is 5.08. The van der Waals surface area contributed by atoms with E-state index >= 15 is 0 Å². The molecule has 5 heteroatoms. The minimum Gasteiger partial charge on any atom is -0.451 e. The predicted molar refractivity (Wildman–Crippen MR) is 87.6 cm³/mol. The Morgan fingerprint density at radius 2 is 1.90 bits per heavy atom. The topological polar surface area (TPSA) is 51.8 Å². The van der Waals surface area contributed by atoms with Crippen LogP contribution >= 0.6 is 22.6 Å². The number of carbonyl (C=O) groups excluding carboxylic acids is 1. The number of halogens is 1. The van der Waals surface area contributed by atoms with Crippen LogP contribution in [0.25, 0.3) is 6.08 Å². The number of hydrogen-bond acceptors (Lipinski definition) is 4. The standard InChI is InChI=1S/C16H10INO3/c17-14-10-9-12(20-14)7-4-8-13-16(19)21-15(18-13)11-5-2-1-3-6-11/h1-10H. The molecular weight excluding hydrogens is 381 g/mol. The van der Waals surface area contributed by atoms with Crippen molar-refractivity contribution in [3.05, 3.63) is 75.4 Å². The molecule has 0 spiro atoms. The Morgan fingerprint density at radius 3 is 2.62 bits per heavy atom. The van der Waals surface area contributed by atoms with E-state index in [9.17, 15) is 4.79 Å². The van der Waals surface area contributed by atoms with Crippen molar-refractivity contribution in [2.45, 2.75) is 0 Å². The number of ether oxygens (including phenoxy) is 1. The van der Waals surface area contributed by atoms with Gasteiger partial charge in [0, 0.05) is 5.56 Å². The molecule has 0 unspecified atom stereocenters. The van der Waals surface area contributed by atoms with Crippen LogP contribution in [0.15, 0.2) is 69.7 Å². The van der Waals surface area contributed by atoms with Crippen LogP contribution in [0, 0.1) is 3.77 Å². The number of benzene rings is 1. The number of rotatable bonds is 3. The lowest BCUT2D eigenvalue weighted by molar-refractivity contribution is -0.130. The maximum Gasteiger partial charge on any atom is 0.363 e. The van der Waals surface area contributed by atoms with Gasteiger partial charge in [0.25, 0.3) is 0 Å². The van der Waals surface area contributed by atoms with Crippen molar-refractivity contribution in [3.8, 4) is 0 Å². The molecule has 3 rings (SSSR count). The summed E-state index contributed by atoms with van der Waals surface area (Å²) in [5.41, 5.74) is 1.05. The molecule has 4 nitrogen and oxygen atoms in total. The van der Waals surface area contributed by atoms with E-state index in [4.69, 9.17) is 9.15 Å². The molecule has 1 aliphatic heterocycles. The van der Waals surface area contributed by atoms with Gasteiger partial charge in [-0.15, -0.1) is 0 Å². The maximum atomic E-state index is 11.7. The van der Waals surface area contributed by atoms with Crippen LogP contribution in [-0.4, -0.2) is 11.9 Å². The van der Waals surface area contributed by atoms with Crippen molar-refractivity contribution >= 4 is 40.5 Å². The van der Waals surface area contributed by atoms with E-state index < -0.39 is 5.97 Å². The van der Waals surface area contributed by atoms with Crippen molar-refractivity contribution in [2.75, 3.05) is 0 Å². The molecule has 104 valence electrons. The molecule has 0 amide bonds. The summed E-state index contributed by atoms with van der Waals surface area (Å²) in [5.74, 6) is 0.593. The van der Waals surface area contributed by atoms with Crippen LogP contribution in [0.4, 0.5) is 0 Å². The first-order chi connectivity index (χ1) is 10.2. The molecule has 0 fully saturated rings. The fraction of sp³-hybridized carbons (Fsp3) is 0. The molecule has 0 saturated heterocycles. The van der Waals surface area contributed by atoms with Crippen molar-refractivity contribution in [1.82, 2.24) is 0 Å². The van der Waals surface area contributed by atoms with E-state index in [2.05, 4.69) is 27.6 Å². The molecule has 2 heterocycles. The van der Waals surface area contributed by atoms with Crippen molar-refractivity contribution in [1.29, 1.82) is 0 Å². The third-order valence-corrected chi connectivity index (χ3v) is 3.33. The normalized spacial score (nSPS) is 16.5. The summed E-state index contributed by atoms with van der Waals surface area (Å²) in [4.78, 5) is 15.9. The Hall–Kier alpha value is -2.15. The number of aliphatic imine (C=N–C) groups is 1. The zero-order chi connectivity index (χ0) is 14.7. The van der Waals surface area contributed by atoms with Crippen molar-refractivity contribution < 1.29 is 13.9 Å². The van der Waals surface area contributed by atoms with Gasteiger partial charge in [-0.05, 0) is 59.0 Å². The fourth-order valence-electron chi connectivity index (χ4n) is 1.78. The third kappa shape index (κ3) is 3.30. The Balaban J connectivity index is 1.79. The highest BCUT2D eigenvalue weighted by Gasteiger charge is 2.23. The van der Waals surface area contributed by atoms with Gasteiger partial charge in [0.15, 0.2) is 9.46 Å². The SMILES string of the molecule is O=C1OC(c2ccccc2)=NC1=CC=Cc1ccc(I)o1. The smallest absolute Gasteiger partial charge is 0.363 e. The highest BCUT2D eigenvalue weighted by Crippen LogP contribution is 2.17. The van der Waals surface area contributed by atoms with Crippen LogP contribution in [-0.2, 0) is 9.53 Å². The lowest BCUT2D eigenvalue weighted by Crippen LogP contribution is -2.04. The lowest BCUT2D eigenvalue weighted by Gasteiger charge is -1.97. The molecule has 0 atom stereocenters. The maximum absolute atomic E-state index is 11.7. The zero-order valence-corrected chi connectivity index (χ0v) is 13.0. The van der Waals surface area contributed by atoms with Gasteiger partial charge in [-0.3, -0.25) is 0 Å². The van der Waals surface area contributed by atoms with Crippen LogP contribution in [0.5, 0.6) is 0 Å². The average Bonchev–Trinajstić information content (AvgIpc) is 3.07. The molecule has 0 bridgehead atoms. The molecule has 1 aromatic heterocycles. The monoisotopic (exact) mass is 391 g/mol. The van der Waals surface area contributed by atoms with E-state index in [1.54, 1.807) is 18.2 Å². The van der Waals surface area contributed by atoms with E-state index in [0.29, 0.717) is 5.90 Å². The van der Waals surface area contributed by atoms with Gasteiger partial charge in [-0.25, -0.2) is 9.79 Å². The van der Waals surface area contributed by atoms with Gasteiger partial charge in [-0.1, -0.05) is 24.3 Å².